The molecule has 2 aromatic carbocycles. The molecule has 0 saturated carbocycles. The molecule has 2 rings (SSSR count). The van der Waals surface area contributed by atoms with Gasteiger partial charge in [0, 0.05) is 18.3 Å². The van der Waals surface area contributed by atoms with Crippen LogP contribution in [0.4, 0.5) is 14.5 Å². The highest BCUT2D eigenvalue weighted by atomic mass is 19.3. The van der Waals surface area contributed by atoms with E-state index in [1.54, 1.807) is 0 Å². The van der Waals surface area contributed by atoms with Crippen molar-refractivity contribution >= 4 is 23.5 Å². The van der Waals surface area contributed by atoms with Crippen LogP contribution in [0.25, 0.3) is 0 Å². The number of rotatable bonds is 7. The molecule has 2 aromatic rings. The number of hydrogen-bond acceptors (Lipinski definition) is 5. The van der Waals surface area contributed by atoms with E-state index < -0.39 is 25.1 Å². The monoisotopic (exact) mass is 378 g/mol. The Balaban J connectivity index is 1.88. The lowest BCUT2D eigenvalue weighted by atomic mass is 10.2. The van der Waals surface area contributed by atoms with E-state index >= 15 is 0 Å². The topological polar surface area (TPSA) is 93.7 Å². The third kappa shape index (κ3) is 6.07. The summed E-state index contributed by atoms with van der Waals surface area (Å²) >= 11 is 0. The second-order valence-electron chi connectivity index (χ2n) is 5.19. The number of anilines is 1. The molecule has 0 atom stereocenters. The van der Waals surface area contributed by atoms with Crippen molar-refractivity contribution in [3.05, 3.63) is 59.7 Å². The number of carbonyl (C=O) groups excluding carboxylic acids is 3. The first-order chi connectivity index (χ1) is 12.9. The van der Waals surface area contributed by atoms with Gasteiger partial charge in [-0.05, 0) is 42.5 Å². The number of carbonyl (C=O) groups is 3. The van der Waals surface area contributed by atoms with E-state index in [2.05, 4.69) is 15.4 Å². The maximum Gasteiger partial charge on any atom is 0.387 e. The summed E-state index contributed by atoms with van der Waals surface area (Å²) in [5.74, 6) is -1.92. The summed E-state index contributed by atoms with van der Waals surface area (Å²) < 4.78 is 33.4. The summed E-state index contributed by atoms with van der Waals surface area (Å²) in [7, 11) is 1.50. The molecule has 0 saturated heterocycles. The smallest absolute Gasteiger partial charge is 0.387 e. The zero-order valence-electron chi connectivity index (χ0n) is 14.2. The van der Waals surface area contributed by atoms with Crippen LogP contribution in [-0.2, 0) is 9.53 Å². The molecular weight excluding hydrogens is 362 g/mol. The van der Waals surface area contributed by atoms with E-state index in [1.165, 1.54) is 49.5 Å². The Morgan fingerprint density at radius 1 is 1.04 bits per heavy atom. The fourth-order valence-electron chi connectivity index (χ4n) is 2.06. The maximum absolute atomic E-state index is 12.2. The number of hydrogen-bond donors (Lipinski definition) is 2. The Kier molecular flexibility index (Phi) is 6.81. The molecule has 2 N–H and O–H groups in total. The van der Waals surface area contributed by atoms with Crippen molar-refractivity contribution < 1.29 is 32.6 Å². The van der Waals surface area contributed by atoms with E-state index in [0.717, 1.165) is 6.07 Å². The SMILES string of the molecule is CNC(=O)c1ccc(NC(=O)COC(=O)c2cccc(OC(F)F)c2)cc1. The van der Waals surface area contributed by atoms with Gasteiger partial charge in [0.25, 0.3) is 11.8 Å². The predicted molar refractivity (Wildman–Crippen MR) is 91.8 cm³/mol. The molecule has 0 spiro atoms. The number of esters is 1. The van der Waals surface area contributed by atoms with E-state index in [9.17, 15) is 23.2 Å². The number of alkyl halides is 2. The molecule has 27 heavy (non-hydrogen) atoms. The van der Waals surface area contributed by atoms with Crippen LogP contribution in [0.2, 0.25) is 0 Å². The normalized spacial score (nSPS) is 10.2. The zero-order chi connectivity index (χ0) is 19.8. The largest absolute Gasteiger partial charge is 0.452 e. The van der Waals surface area contributed by atoms with Crippen LogP contribution in [0, 0.1) is 0 Å². The second kappa shape index (κ2) is 9.27. The Hall–Kier alpha value is -3.49. The molecular formula is C18H16F2N2O5. The van der Waals surface area contributed by atoms with Crippen LogP contribution >= 0.6 is 0 Å². The molecule has 0 radical (unpaired) electrons. The molecule has 0 aliphatic heterocycles. The average Bonchev–Trinajstić information content (AvgIpc) is 2.65. The van der Waals surface area contributed by atoms with E-state index in [1.807, 2.05) is 0 Å². The Bertz CT molecular complexity index is 825. The summed E-state index contributed by atoms with van der Waals surface area (Å²) in [6.45, 7) is -3.59. The van der Waals surface area contributed by atoms with Crippen molar-refractivity contribution in [2.24, 2.45) is 0 Å². The van der Waals surface area contributed by atoms with Crippen molar-refractivity contribution in [3.63, 3.8) is 0 Å². The lowest BCUT2D eigenvalue weighted by Crippen LogP contribution is -2.21. The molecule has 2 amide bonds. The standard InChI is InChI=1S/C18H16F2N2O5/c1-21-16(24)11-5-7-13(8-6-11)22-15(23)10-26-17(25)12-3-2-4-14(9-12)27-18(19)20/h2-9,18H,10H2,1H3,(H,21,24)(H,22,23). The van der Waals surface area contributed by atoms with Crippen molar-refractivity contribution in [2.75, 3.05) is 19.0 Å². The van der Waals surface area contributed by atoms with Crippen LogP contribution in [0.1, 0.15) is 20.7 Å². The van der Waals surface area contributed by atoms with Crippen molar-refractivity contribution in [2.45, 2.75) is 6.61 Å². The maximum atomic E-state index is 12.2. The first-order valence-corrected chi connectivity index (χ1v) is 7.73. The summed E-state index contributed by atoms with van der Waals surface area (Å²) in [5.41, 5.74) is 0.805. The van der Waals surface area contributed by atoms with Crippen LogP contribution in [0.5, 0.6) is 5.75 Å². The van der Waals surface area contributed by atoms with Crippen molar-refractivity contribution in [3.8, 4) is 5.75 Å². The Morgan fingerprint density at radius 3 is 2.37 bits per heavy atom. The van der Waals surface area contributed by atoms with Gasteiger partial charge in [-0.25, -0.2) is 4.79 Å². The predicted octanol–water partition coefficient (Wildman–Crippen LogP) is 2.44. The summed E-state index contributed by atoms with van der Waals surface area (Å²) in [5, 5.41) is 4.97. The molecule has 142 valence electrons. The third-order valence-corrected chi connectivity index (χ3v) is 3.29. The van der Waals surface area contributed by atoms with Crippen molar-refractivity contribution in [1.29, 1.82) is 0 Å². The highest BCUT2D eigenvalue weighted by Gasteiger charge is 2.13. The van der Waals surface area contributed by atoms with E-state index in [-0.39, 0.29) is 17.2 Å². The molecule has 0 unspecified atom stereocenters. The first kappa shape index (κ1) is 19.8. The van der Waals surface area contributed by atoms with Gasteiger partial charge in [0.1, 0.15) is 5.75 Å². The zero-order valence-corrected chi connectivity index (χ0v) is 14.2. The van der Waals surface area contributed by atoms with Gasteiger partial charge in [0.2, 0.25) is 0 Å². The average molecular weight is 378 g/mol. The number of ether oxygens (including phenoxy) is 2. The second-order valence-corrected chi connectivity index (χ2v) is 5.19. The summed E-state index contributed by atoms with van der Waals surface area (Å²) in [4.78, 5) is 35.2. The van der Waals surface area contributed by atoms with Crippen LogP contribution < -0.4 is 15.4 Å². The third-order valence-electron chi connectivity index (χ3n) is 3.29. The van der Waals surface area contributed by atoms with Crippen molar-refractivity contribution in [1.82, 2.24) is 5.32 Å². The Morgan fingerprint density at radius 2 is 1.74 bits per heavy atom. The van der Waals surface area contributed by atoms with Gasteiger partial charge in [0.05, 0.1) is 5.56 Å². The highest BCUT2D eigenvalue weighted by Crippen LogP contribution is 2.16. The molecule has 0 fully saturated rings. The van der Waals surface area contributed by atoms with Gasteiger partial charge in [-0.15, -0.1) is 0 Å². The molecule has 0 bridgehead atoms. The van der Waals surface area contributed by atoms with E-state index in [4.69, 9.17) is 4.74 Å². The highest BCUT2D eigenvalue weighted by molar-refractivity contribution is 5.97. The van der Waals surface area contributed by atoms with Gasteiger partial charge < -0.3 is 20.1 Å². The molecule has 7 nitrogen and oxygen atoms in total. The van der Waals surface area contributed by atoms with Gasteiger partial charge in [-0.1, -0.05) is 6.07 Å². The first-order valence-electron chi connectivity index (χ1n) is 7.73. The number of amides is 2. The molecule has 9 heteroatoms. The lowest BCUT2D eigenvalue weighted by Gasteiger charge is -2.08. The van der Waals surface area contributed by atoms with Crippen LogP contribution in [0.15, 0.2) is 48.5 Å². The summed E-state index contributed by atoms with van der Waals surface area (Å²) in [6, 6.07) is 11.1. The molecule has 0 aliphatic carbocycles. The minimum absolute atomic E-state index is 0.0316. The van der Waals surface area contributed by atoms with Crippen LogP contribution in [0.3, 0.4) is 0 Å². The fourth-order valence-corrected chi connectivity index (χ4v) is 2.06. The van der Waals surface area contributed by atoms with E-state index in [0.29, 0.717) is 11.3 Å². The van der Waals surface area contributed by atoms with Gasteiger partial charge >= 0.3 is 12.6 Å². The molecule has 0 aliphatic rings. The molecule has 0 heterocycles. The minimum atomic E-state index is -3.02. The number of halogens is 2. The van der Waals surface area contributed by atoms with Gasteiger partial charge in [0.15, 0.2) is 6.61 Å². The number of nitrogens with one attached hydrogen (secondary N) is 2. The fraction of sp³-hybridized carbons (Fsp3) is 0.167. The summed E-state index contributed by atoms with van der Waals surface area (Å²) in [6.07, 6.45) is 0. The van der Waals surface area contributed by atoms with Crippen LogP contribution in [-0.4, -0.2) is 38.0 Å². The molecule has 0 aromatic heterocycles. The van der Waals surface area contributed by atoms with Gasteiger partial charge in [-0.2, -0.15) is 8.78 Å². The lowest BCUT2D eigenvalue weighted by molar-refractivity contribution is -0.119. The Labute approximate surface area is 153 Å². The minimum Gasteiger partial charge on any atom is -0.452 e. The van der Waals surface area contributed by atoms with Gasteiger partial charge in [-0.3, -0.25) is 9.59 Å². The number of benzene rings is 2. The quantitative estimate of drug-likeness (QED) is 0.722.